The summed E-state index contributed by atoms with van der Waals surface area (Å²) in [5.41, 5.74) is 1.46. The van der Waals surface area contributed by atoms with E-state index in [0.717, 1.165) is 0 Å². The predicted octanol–water partition coefficient (Wildman–Crippen LogP) is 3.05. The van der Waals surface area contributed by atoms with Crippen LogP contribution in [0.2, 0.25) is 0 Å². The monoisotopic (exact) mass is 168 g/mol. The van der Waals surface area contributed by atoms with Crippen LogP contribution in [0.5, 0.6) is 0 Å². The Kier molecular flexibility index (Phi) is 7.65. The van der Waals surface area contributed by atoms with Crippen molar-refractivity contribution in [1.29, 1.82) is 0 Å². The third-order valence-corrected chi connectivity index (χ3v) is 1.66. The average Bonchev–Trinajstić information content (AvgIpc) is 2.19. The van der Waals surface area contributed by atoms with E-state index in [1.807, 2.05) is 0 Å². The standard InChI is InChI=1S/C10H14.H2O2/c1-2-3-7-10-8-5-4-6-9-10;1-2/h4-6,8-9H,2-3,7H2,1H3;1-2H. The van der Waals surface area contributed by atoms with Crippen molar-refractivity contribution in [3.8, 4) is 0 Å². The zero-order chi connectivity index (χ0) is 9.23. The maximum Gasteiger partial charge on any atom is -0.0279 e. The third kappa shape index (κ3) is 4.88. The van der Waals surface area contributed by atoms with Crippen LogP contribution in [0.15, 0.2) is 30.3 Å². The zero-order valence-electron chi connectivity index (χ0n) is 7.40. The lowest BCUT2D eigenvalue weighted by atomic mass is 10.1. The molecular formula is C10H16O2. The first-order chi connectivity index (χ1) is 5.93. The molecule has 0 heterocycles. The van der Waals surface area contributed by atoms with E-state index in [0.29, 0.717) is 0 Å². The SMILES string of the molecule is CCCCc1ccccc1.OO. The van der Waals surface area contributed by atoms with Gasteiger partial charge in [0.1, 0.15) is 0 Å². The van der Waals surface area contributed by atoms with Crippen LogP contribution in [0.3, 0.4) is 0 Å². The van der Waals surface area contributed by atoms with Gasteiger partial charge in [-0.2, -0.15) is 0 Å². The summed E-state index contributed by atoms with van der Waals surface area (Å²) < 4.78 is 0. The first kappa shape index (κ1) is 11.1. The van der Waals surface area contributed by atoms with Crippen molar-refractivity contribution in [2.24, 2.45) is 0 Å². The van der Waals surface area contributed by atoms with Gasteiger partial charge in [0, 0.05) is 0 Å². The van der Waals surface area contributed by atoms with Crippen LogP contribution >= 0.6 is 0 Å². The number of hydrogen-bond acceptors (Lipinski definition) is 2. The number of rotatable bonds is 3. The lowest BCUT2D eigenvalue weighted by Crippen LogP contribution is -1.81. The summed E-state index contributed by atoms with van der Waals surface area (Å²) in [7, 11) is 0. The van der Waals surface area contributed by atoms with Gasteiger partial charge in [-0.1, -0.05) is 43.7 Å². The molecule has 1 aromatic rings. The normalized spacial score (nSPS) is 8.58. The molecule has 2 nitrogen and oxygen atoms in total. The molecule has 0 spiro atoms. The molecule has 2 heteroatoms. The number of unbranched alkanes of at least 4 members (excludes halogenated alkanes) is 1. The Labute approximate surface area is 73.4 Å². The highest BCUT2D eigenvalue weighted by Crippen LogP contribution is 2.03. The largest absolute Gasteiger partial charge is 0.255 e. The van der Waals surface area contributed by atoms with Crippen molar-refractivity contribution in [1.82, 2.24) is 0 Å². The van der Waals surface area contributed by atoms with Crippen molar-refractivity contribution in [2.45, 2.75) is 26.2 Å². The van der Waals surface area contributed by atoms with Gasteiger partial charge in [0.15, 0.2) is 0 Å². The molecule has 12 heavy (non-hydrogen) atoms. The molecule has 2 N–H and O–H groups in total. The summed E-state index contributed by atoms with van der Waals surface area (Å²) in [5.74, 6) is 0. The van der Waals surface area contributed by atoms with Gasteiger partial charge in [-0.3, -0.25) is 10.5 Å². The van der Waals surface area contributed by atoms with Crippen molar-refractivity contribution in [3.05, 3.63) is 35.9 Å². The Bertz CT molecular complexity index is 172. The minimum absolute atomic E-state index is 1.23. The van der Waals surface area contributed by atoms with E-state index in [2.05, 4.69) is 37.3 Å². The number of aryl methyl sites for hydroxylation is 1. The Hall–Kier alpha value is -0.860. The van der Waals surface area contributed by atoms with E-state index in [4.69, 9.17) is 10.5 Å². The maximum absolute atomic E-state index is 6.00. The molecule has 0 aliphatic heterocycles. The van der Waals surface area contributed by atoms with Gasteiger partial charge in [-0.25, -0.2) is 0 Å². The fourth-order valence-corrected chi connectivity index (χ4v) is 1.03. The van der Waals surface area contributed by atoms with Crippen LogP contribution in [-0.2, 0) is 6.42 Å². The van der Waals surface area contributed by atoms with Crippen molar-refractivity contribution in [3.63, 3.8) is 0 Å². The molecule has 1 aromatic carbocycles. The summed E-state index contributed by atoms with van der Waals surface area (Å²) in [6.07, 6.45) is 3.83. The van der Waals surface area contributed by atoms with E-state index in [1.165, 1.54) is 24.8 Å². The first-order valence-corrected chi connectivity index (χ1v) is 4.17. The molecule has 0 bridgehead atoms. The van der Waals surface area contributed by atoms with Crippen LogP contribution in [0, 0.1) is 0 Å². The quantitative estimate of drug-likeness (QED) is 0.538. The summed E-state index contributed by atoms with van der Waals surface area (Å²) >= 11 is 0. The summed E-state index contributed by atoms with van der Waals surface area (Å²) in [4.78, 5) is 0. The van der Waals surface area contributed by atoms with Crippen LogP contribution < -0.4 is 0 Å². The number of benzene rings is 1. The molecular weight excluding hydrogens is 152 g/mol. The molecule has 1 rings (SSSR count). The van der Waals surface area contributed by atoms with Crippen LogP contribution in [-0.4, -0.2) is 10.5 Å². The number of hydrogen-bond donors (Lipinski definition) is 2. The molecule has 0 aliphatic rings. The maximum atomic E-state index is 6.00. The van der Waals surface area contributed by atoms with Crippen LogP contribution in [0.1, 0.15) is 25.3 Å². The van der Waals surface area contributed by atoms with Crippen molar-refractivity contribution >= 4 is 0 Å². The molecule has 0 aromatic heterocycles. The summed E-state index contributed by atoms with van der Waals surface area (Å²) in [5, 5.41) is 12.0. The highest BCUT2D eigenvalue weighted by Gasteiger charge is 1.87. The first-order valence-electron chi connectivity index (χ1n) is 4.17. The minimum atomic E-state index is 1.23. The Morgan fingerprint density at radius 2 is 1.67 bits per heavy atom. The van der Waals surface area contributed by atoms with E-state index >= 15 is 0 Å². The van der Waals surface area contributed by atoms with Gasteiger partial charge in [-0.05, 0) is 18.4 Å². The minimum Gasteiger partial charge on any atom is -0.255 e. The highest BCUT2D eigenvalue weighted by atomic mass is 17.0. The topological polar surface area (TPSA) is 40.5 Å². The molecule has 0 fully saturated rings. The third-order valence-electron chi connectivity index (χ3n) is 1.66. The van der Waals surface area contributed by atoms with E-state index in [1.54, 1.807) is 0 Å². The van der Waals surface area contributed by atoms with E-state index in [-0.39, 0.29) is 0 Å². The fourth-order valence-electron chi connectivity index (χ4n) is 1.03. The Morgan fingerprint density at radius 1 is 1.08 bits per heavy atom. The van der Waals surface area contributed by atoms with Gasteiger partial charge in [0.2, 0.25) is 0 Å². The second-order valence-electron chi connectivity index (χ2n) is 2.59. The molecule has 0 saturated heterocycles. The molecule has 0 aliphatic carbocycles. The van der Waals surface area contributed by atoms with Gasteiger partial charge in [0.25, 0.3) is 0 Å². The van der Waals surface area contributed by atoms with Gasteiger partial charge >= 0.3 is 0 Å². The molecule has 68 valence electrons. The Balaban J connectivity index is 0.000000561. The summed E-state index contributed by atoms with van der Waals surface area (Å²) in [6.45, 7) is 2.23. The van der Waals surface area contributed by atoms with E-state index < -0.39 is 0 Å². The fraction of sp³-hybridized carbons (Fsp3) is 0.400. The molecule has 0 radical (unpaired) electrons. The molecule has 0 atom stereocenters. The predicted molar refractivity (Wildman–Crippen MR) is 50.3 cm³/mol. The Morgan fingerprint density at radius 3 is 2.17 bits per heavy atom. The van der Waals surface area contributed by atoms with Crippen LogP contribution in [0.4, 0.5) is 0 Å². The molecule has 0 amide bonds. The second kappa shape index (κ2) is 8.24. The smallest absolute Gasteiger partial charge is 0.0279 e. The van der Waals surface area contributed by atoms with Crippen molar-refractivity contribution < 1.29 is 10.5 Å². The lowest BCUT2D eigenvalue weighted by molar-refractivity contribution is -0.176. The molecule has 0 saturated carbocycles. The highest BCUT2D eigenvalue weighted by molar-refractivity contribution is 5.14. The van der Waals surface area contributed by atoms with E-state index in [9.17, 15) is 0 Å². The second-order valence-corrected chi connectivity index (χ2v) is 2.59. The van der Waals surface area contributed by atoms with Gasteiger partial charge in [0.05, 0.1) is 0 Å². The van der Waals surface area contributed by atoms with Crippen molar-refractivity contribution in [2.75, 3.05) is 0 Å². The average molecular weight is 168 g/mol. The van der Waals surface area contributed by atoms with Gasteiger partial charge < -0.3 is 0 Å². The molecule has 0 unspecified atom stereocenters. The zero-order valence-corrected chi connectivity index (χ0v) is 7.40. The van der Waals surface area contributed by atoms with Gasteiger partial charge in [-0.15, -0.1) is 0 Å². The summed E-state index contributed by atoms with van der Waals surface area (Å²) in [6, 6.07) is 10.6. The lowest BCUT2D eigenvalue weighted by Gasteiger charge is -1.96. The van der Waals surface area contributed by atoms with Crippen LogP contribution in [0.25, 0.3) is 0 Å².